The average Bonchev–Trinajstić information content (AvgIpc) is 2.38. The van der Waals surface area contributed by atoms with Crippen LogP contribution in [0.5, 0.6) is 0 Å². The quantitative estimate of drug-likeness (QED) is 0.717. The number of alkyl halides is 1. The van der Waals surface area contributed by atoms with Gasteiger partial charge >= 0.3 is 0 Å². The molecule has 1 aliphatic heterocycles. The van der Waals surface area contributed by atoms with Crippen LogP contribution in [0.15, 0.2) is 18.2 Å². The number of anilines is 1. The Balaban J connectivity index is 1.80. The smallest absolute Gasteiger partial charge is 0.0476 e. The second-order valence-corrected chi connectivity index (χ2v) is 6.32. The second kappa shape index (κ2) is 5.13. The van der Waals surface area contributed by atoms with Crippen LogP contribution in [0, 0.1) is 18.8 Å². The van der Waals surface area contributed by atoms with Gasteiger partial charge in [-0.2, -0.15) is 0 Å². The van der Waals surface area contributed by atoms with E-state index in [0.29, 0.717) is 5.88 Å². The number of rotatable bonds is 2. The molecule has 2 bridgehead atoms. The number of benzene rings is 1. The van der Waals surface area contributed by atoms with Gasteiger partial charge < -0.3 is 4.90 Å². The Hall–Kier alpha value is -0.690. The maximum Gasteiger partial charge on any atom is 0.0476 e. The molecule has 0 spiro atoms. The number of piperidine rings is 1. The standard InChI is InChI=1S/C16H22ClN/c1-12-7-16(6-5-15(12)9-17)18-10-13-3-2-4-14(8-13)11-18/h5-7,13-14H,2-4,8-11H2,1H3. The summed E-state index contributed by atoms with van der Waals surface area (Å²) in [7, 11) is 0. The highest BCUT2D eigenvalue weighted by Gasteiger charge is 2.30. The molecule has 2 fully saturated rings. The molecule has 1 aliphatic carbocycles. The molecule has 0 aromatic heterocycles. The van der Waals surface area contributed by atoms with Crippen LogP contribution in [0.25, 0.3) is 0 Å². The van der Waals surface area contributed by atoms with Gasteiger partial charge in [-0.05, 0) is 61.3 Å². The third-order valence-electron chi connectivity index (χ3n) is 4.68. The number of hydrogen-bond acceptors (Lipinski definition) is 1. The van der Waals surface area contributed by atoms with Gasteiger partial charge in [-0.15, -0.1) is 11.6 Å². The largest absolute Gasteiger partial charge is 0.371 e. The van der Waals surface area contributed by atoms with Gasteiger partial charge in [0.2, 0.25) is 0 Å². The summed E-state index contributed by atoms with van der Waals surface area (Å²) >= 11 is 5.93. The summed E-state index contributed by atoms with van der Waals surface area (Å²) in [6, 6.07) is 6.77. The SMILES string of the molecule is Cc1cc(N2CC3CCCC(C3)C2)ccc1CCl. The molecule has 18 heavy (non-hydrogen) atoms. The van der Waals surface area contributed by atoms with Gasteiger partial charge in [0, 0.05) is 24.7 Å². The molecule has 2 atom stereocenters. The lowest BCUT2D eigenvalue weighted by atomic mass is 9.78. The Morgan fingerprint density at radius 3 is 2.56 bits per heavy atom. The summed E-state index contributed by atoms with van der Waals surface area (Å²) < 4.78 is 0. The van der Waals surface area contributed by atoms with Crippen LogP contribution in [0.1, 0.15) is 36.8 Å². The van der Waals surface area contributed by atoms with Crippen LogP contribution in [-0.2, 0) is 5.88 Å². The predicted octanol–water partition coefficient (Wildman–Crippen LogP) is 4.36. The van der Waals surface area contributed by atoms with Crippen LogP contribution >= 0.6 is 11.6 Å². The minimum absolute atomic E-state index is 0.622. The van der Waals surface area contributed by atoms with E-state index in [1.54, 1.807) is 0 Å². The summed E-state index contributed by atoms with van der Waals surface area (Å²) in [6.45, 7) is 4.69. The minimum Gasteiger partial charge on any atom is -0.371 e. The lowest BCUT2D eigenvalue weighted by molar-refractivity contribution is 0.231. The topological polar surface area (TPSA) is 3.24 Å². The van der Waals surface area contributed by atoms with E-state index in [9.17, 15) is 0 Å². The number of halogens is 1. The van der Waals surface area contributed by atoms with Crippen LogP contribution in [0.3, 0.4) is 0 Å². The zero-order valence-corrected chi connectivity index (χ0v) is 11.9. The van der Waals surface area contributed by atoms with E-state index in [1.807, 2.05) is 0 Å². The summed E-state index contributed by atoms with van der Waals surface area (Å²) in [5, 5.41) is 0. The number of nitrogens with zero attached hydrogens (tertiary/aromatic N) is 1. The molecule has 1 heterocycles. The first-order chi connectivity index (χ1) is 8.76. The Labute approximate surface area is 115 Å². The third-order valence-corrected chi connectivity index (χ3v) is 4.97. The van der Waals surface area contributed by atoms with Crippen LogP contribution in [-0.4, -0.2) is 13.1 Å². The molecule has 0 amide bonds. The van der Waals surface area contributed by atoms with Gasteiger partial charge in [-0.3, -0.25) is 0 Å². The fourth-order valence-corrected chi connectivity index (χ4v) is 3.97. The van der Waals surface area contributed by atoms with Gasteiger partial charge in [0.1, 0.15) is 0 Å². The molecule has 1 saturated carbocycles. The molecule has 2 aliphatic rings. The fourth-order valence-electron chi connectivity index (χ4n) is 3.67. The molecular weight excluding hydrogens is 242 g/mol. The first-order valence-corrected chi connectivity index (χ1v) is 7.70. The van der Waals surface area contributed by atoms with Crippen molar-refractivity contribution < 1.29 is 0 Å². The number of hydrogen-bond donors (Lipinski definition) is 0. The van der Waals surface area contributed by atoms with Crippen molar-refractivity contribution in [3.05, 3.63) is 29.3 Å². The van der Waals surface area contributed by atoms with E-state index >= 15 is 0 Å². The van der Waals surface area contributed by atoms with E-state index in [2.05, 4.69) is 30.0 Å². The average molecular weight is 264 g/mol. The monoisotopic (exact) mass is 263 g/mol. The second-order valence-electron chi connectivity index (χ2n) is 6.05. The molecule has 2 unspecified atom stereocenters. The molecule has 2 heteroatoms. The minimum atomic E-state index is 0.622. The molecule has 1 nitrogen and oxygen atoms in total. The van der Waals surface area contributed by atoms with Crippen LogP contribution in [0.4, 0.5) is 5.69 Å². The van der Waals surface area contributed by atoms with Gasteiger partial charge in [0.05, 0.1) is 0 Å². The Morgan fingerprint density at radius 2 is 1.94 bits per heavy atom. The molecule has 1 aromatic rings. The molecule has 0 radical (unpaired) electrons. The normalized spacial score (nSPS) is 27.3. The van der Waals surface area contributed by atoms with Gasteiger partial charge in [0.15, 0.2) is 0 Å². The summed E-state index contributed by atoms with van der Waals surface area (Å²) in [5.41, 5.74) is 3.99. The van der Waals surface area contributed by atoms with Crippen molar-refractivity contribution in [3.8, 4) is 0 Å². The van der Waals surface area contributed by atoms with Crippen molar-refractivity contribution in [2.24, 2.45) is 11.8 Å². The number of aryl methyl sites for hydroxylation is 1. The van der Waals surface area contributed by atoms with Gasteiger partial charge in [-0.25, -0.2) is 0 Å². The van der Waals surface area contributed by atoms with Crippen molar-refractivity contribution >= 4 is 17.3 Å². The molecule has 1 saturated heterocycles. The summed E-state index contributed by atoms with van der Waals surface area (Å²) in [5.74, 6) is 2.49. The van der Waals surface area contributed by atoms with Crippen LogP contribution < -0.4 is 4.90 Å². The zero-order valence-electron chi connectivity index (χ0n) is 11.2. The van der Waals surface area contributed by atoms with Crippen LogP contribution in [0.2, 0.25) is 0 Å². The lowest BCUT2D eigenvalue weighted by Gasteiger charge is -2.42. The summed E-state index contributed by atoms with van der Waals surface area (Å²) in [4.78, 5) is 2.60. The molecule has 98 valence electrons. The Bertz CT molecular complexity index is 417. The molecular formula is C16H22ClN. The predicted molar refractivity (Wildman–Crippen MR) is 78.4 cm³/mol. The van der Waals surface area contributed by atoms with Crippen molar-refractivity contribution in [2.45, 2.75) is 38.5 Å². The van der Waals surface area contributed by atoms with Gasteiger partial charge in [-0.1, -0.05) is 12.5 Å². The highest BCUT2D eigenvalue weighted by atomic mass is 35.5. The van der Waals surface area contributed by atoms with E-state index < -0.39 is 0 Å². The van der Waals surface area contributed by atoms with E-state index in [4.69, 9.17) is 11.6 Å². The van der Waals surface area contributed by atoms with Gasteiger partial charge in [0.25, 0.3) is 0 Å². The van der Waals surface area contributed by atoms with Crippen molar-refractivity contribution in [1.29, 1.82) is 0 Å². The third kappa shape index (κ3) is 2.38. The Kier molecular flexibility index (Phi) is 3.52. The molecule has 1 aromatic carbocycles. The van der Waals surface area contributed by atoms with Crippen molar-refractivity contribution in [3.63, 3.8) is 0 Å². The van der Waals surface area contributed by atoms with E-state index in [0.717, 1.165) is 11.8 Å². The fraction of sp³-hybridized carbons (Fsp3) is 0.625. The molecule has 0 N–H and O–H groups in total. The zero-order chi connectivity index (χ0) is 12.5. The number of fused-ring (bicyclic) bond motifs is 2. The van der Waals surface area contributed by atoms with E-state index in [1.165, 1.54) is 55.6 Å². The van der Waals surface area contributed by atoms with E-state index in [-0.39, 0.29) is 0 Å². The first-order valence-electron chi connectivity index (χ1n) is 7.16. The maximum atomic E-state index is 5.93. The van der Waals surface area contributed by atoms with Crippen molar-refractivity contribution in [2.75, 3.05) is 18.0 Å². The lowest BCUT2D eigenvalue weighted by Crippen LogP contribution is -2.42. The Morgan fingerprint density at radius 1 is 1.22 bits per heavy atom. The highest BCUT2D eigenvalue weighted by molar-refractivity contribution is 6.17. The summed E-state index contributed by atoms with van der Waals surface area (Å²) in [6.07, 6.45) is 5.79. The first kappa shape index (κ1) is 12.3. The molecule has 3 rings (SSSR count). The highest BCUT2D eigenvalue weighted by Crippen LogP contribution is 2.36. The van der Waals surface area contributed by atoms with Crippen molar-refractivity contribution in [1.82, 2.24) is 0 Å². The maximum absolute atomic E-state index is 5.93.